The van der Waals surface area contributed by atoms with Crippen molar-refractivity contribution in [3.05, 3.63) is 35.4 Å². The van der Waals surface area contributed by atoms with Crippen LogP contribution in [0.3, 0.4) is 0 Å². The van der Waals surface area contributed by atoms with Gasteiger partial charge in [0.1, 0.15) is 0 Å². The highest BCUT2D eigenvalue weighted by atomic mass is 35.5. The van der Waals surface area contributed by atoms with Gasteiger partial charge in [-0.25, -0.2) is 0 Å². The Morgan fingerprint density at radius 3 is 2.00 bits per heavy atom. The zero-order valence-corrected chi connectivity index (χ0v) is 11.6. The molecule has 0 aliphatic rings. The van der Waals surface area contributed by atoms with Crippen LogP contribution in [0.4, 0.5) is 0 Å². The number of carbonyl (C=O) groups is 1. The van der Waals surface area contributed by atoms with E-state index < -0.39 is 0 Å². The second-order valence-electron chi connectivity index (χ2n) is 3.33. The Kier molecular flexibility index (Phi) is 12.3. The van der Waals surface area contributed by atoms with Crippen molar-refractivity contribution in [3.63, 3.8) is 0 Å². The molecule has 0 unspecified atom stereocenters. The fraction of sp³-hybridized carbons (Fsp3) is 0.462. The first-order valence-corrected chi connectivity index (χ1v) is 5.75. The number of amides is 1. The fourth-order valence-corrected chi connectivity index (χ4v) is 1.32. The van der Waals surface area contributed by atoms with E-state index in [0.717, 1.165) is 25.1 Å². The van der Waals surface area contributed by atoms with E-state index in [1.165, 1.54) is 0 Å². The Morgan fingerprint density at radius 2 is 1.71 bits per heavy atom. The molecule has 0 aliphatic heterocycles. The Morgan fingerprint density at radius 1 is 1.18 bits per heavy atom. The molecule has 0 atom stereocenters. The van der Waals surface area contributed by atoms with E-state index in [1.807, 2.05) is 25.1 Å². The van der Waals surface area contributed by atoms with E-state index in [9.17, 15) is 4.79 Å². The molecule has 17 heavy (non-hydrogen) atoms. The number of primary amides is 1. The van der Waals surface area contributed by atoms with Crippen LogP contribution in [-0.4, -0.2) is 19.0 Å². The largest absolute Gasteiger partial charge is 0.366 e. The zero-order chi connectivity index (χ0) is 12.4. The fourth-order valence-electron chi connectivity index (χ4n) is 1.32. The van der Waals surface area contributed by atoms with Gasteiger partial charge in [0.15, 0.2) is 0 Å². The number of nitrogens with one attached hydrogen (secondary N) is 1. The molecule has 1 aromatic carbocycles. The second kappa shape index (κ2) is 11.4. The number of nitrogens with two attached hydrogens (primary N) is 1. The molecule has 0 bridgehead atoms. The van der Waals surface area contributed by atoms with Crippen molar-refractivity contribution < 1.29 is 4.79 Å². The van der Waals surface area contributed by atoms with Crippen molar-refractivity contribution in [1.82, 2.24) is 5.32 Å². The van der Waals surface area contributed by atoms with E-state index in [2.05, 4.69) is 19.2 Å². The molecule has 0 saturated heterocycles. The van der Waals surface area contributed by atoms with Crippen molar-refractivity contribution >= 4 is 18.3 Å². The summed E-state index contributed by atoms with van der Waals surface area (Å²) in [6.45, 7) is 8.39. The molecule has 1 aromatic rings. The maximum Gasteiger partial charge on any atom is 0.248 e. The minimum atomic E-state index is -0.345. The molecule has 1 amide bonds. The maximum atomic E-state index is 10.8. The molecule has 1 rings (SSSR count). The second-order valence-corrected chi connectivity index (χ2v) is 3.33. The Bertz CT molecular complexity index is 314. The van der Waals surface area contributed by atoms with E-state index in [4.69, 9.17) is 5.73 Å². The number of carbonyl (C=O) groups excluding carboxylic acids is 1. The predicted molar refractivity (Wildman–Crippen MR) is 75.8 cm³/mol. The smallest absolute Gasteiger partial charge is 0.248 e. The Labute approximate surface area is 110 Å². The summed E-state index contributed by atoms with van der Waals surface area (Å²) in [6.07, 6.45) is 0.846. The van der Waals surface area contributed by atoms with Crippen LogP contribution in [0.1, 0.15) is 36.7 Å². The molecular weight excluding hydrogens is 236 g/mol. The minimum Gasteiger partial charge on any atom is -0.366 e. The maximum absolute atomic E-state index is 10.8. The van der Waals surface area contributed by atoms with Crippen LogP contribution in [0.2, 0.25) is 0 Å². The first-order chi connectivity index (χ1) is 7.67. The van der Waals surface area contributed by atoms with Gasteiger partial charge in [-0.1, -0.05) is 39.0 Å². The third-order valence-electron chi connectivity index (χ3n) is 2.16. The van der Waals surface area contributed by atoms with E-state index in [1.54, 1.807) is 6.07 Å². The van der Waals surface area contributed by atoms with Crippen molar-refractivity contribution in [2.75, 3.05) is 13.1 Å². The number of aryl methyl sites for hydroxylation is 1. The average molecular weight is 259 g/mol. The summed E-state index contributed by atoms with van der Waals surface area (Å²) in [7, 11) is 0. The summed E-state index contributed by atoms with van der Waals surface area (Å²) in [6, 6.07) is 7.39. The van der Waals surface area contributed by atoms with Crippen LogP contribution in [0.5, 0.6) is 0 Å². The summed E-state index contributed by atoms with van der Waals surface area (Å²) in [4.78, 5) is 10.8. The van der Waals surface area contributed by atoms with Crippen LogP contribution in [-0.2, 0) is 6.42 Å². The monoisotopic (exact) mass is 258 g/mol. The number of hydrogen-bond acceptors (Lipinski definition) is 2. The highest BCUT2D eigenvalue weighted by Gasteiger charge is 2.03. The summed E-state index contributed by atoms with van der Waals surface area (Å²) >= 11 is 0. The van der Waals surface area contributed by atoms with Gasteiger partial charge in [-0.3, -0.25) is 4.79 Å². The quantitative estimate of drug-likeness (QED) is 0.871. The SMILES string of the molecule is CCNCC.CCc1ccccc1C(N)=O.Cl. The van der Waals surface area contributed by atoms with E-state index in [-0.39, 0.29) is 18.3 Å². The van der Waals surface area contributed by atoms with Crippen molar-refractivity contribution in [3.8, 4) is 0 Å². The predicted octanol–water partition coefficient (Wildman–Crippen LogP) is 2.39. The number of benzene rings is 1. The van der Waals surface area contributed by atoms with Crippen molar-refractivity contribution in [2.45, 2.75) is 27.2 Å². The minimum absolute atomic E-state index is 0. The number of hydrogen-bond donors (Lipinski definition) is 2. The van der Waals surface area contributed by atoms with Crippen molar-refractivity contribution in [2.24, 2.45) is 5.73 Å². The number of rotatable bonds is 4. The molecule has 0 fully saturated rings. The molecule has 0 saturated carbocycles. The highest BCUT2D eigenvalue weighted by molar-refractivity contribution is 5.94. The lowest BCUT2D eigenvalue weighted by Gasteiger charge is -2.01. The molecule has 0 heterocycles. The molecule has 98 valence electrons. The van der Waals surface area contributed by atoms with Crippen LogP contribution in [0, 0.1) is 0 Å². The average Bonchev–Trinajstić information content (AvgIpc) is 2.31. The Balaban J connectivity index is 0. The third kappa shape index (κ3) is 7.77. The highest BCUT2D eigenvalue weighted by Crippen LogP contribution is 2.07. The number of halogens is 1. The molecule has 0 radical (unpaired) electrons. The third-order valence-corrected chi connectivity index (χ3v) is 2.16. The first-order valence-electron chi connectivity index (χ1n) is 5.75. The van der Waals surface area contributed by atoms with Crippen molar-refractivity contribution in [1.29, 1.82) is 0 Å². The zero-order valence-electron chi connectivity index (χ0n) is 10.8. The van der Waals surface area contributed by atoms with Gasteiger partial charge in [0, 0.05) is 5.56 Å². The topological polar surface area (TPSA) is 55.1 Å². The molecule has 4 heteroatoms. The molecule has 0 aliphatic carbocycles. The standard InChI is InChI=1S/C9H11NO.C4H11N.ClH/c1-2-7-5-3-4-6-8(7)9(10)11;1-3-5-4-2;/h3-6H,2H2,1H3,(H2,10,11);5H,3-4H2,1-2H3;1H. The van der Waals surface area contributed by atoms with Crippen LogP contribution in [0.15, 0.2) is 24.3 Å². The van der Waals surface area contributed by atoms with Gasteiger partial charge in [-0.05, 0) is 31.1 Å². The first kappa shape index (κ1) is 18.3. The lowest BCUT2D eigenvalue weighted by molar-refractivity contribution is 0.0999. The van der Waals surface area contributed by atoms with Crippen LogP contribution < -0.4 is 11.1 Å². The van der Waals surface area contributed by atoms with Gasteiger partial charge >= 0.3 is 0 Å². The lowest BCUT2D eigenvalue weighted by Crippen LogP contribution is -2.13. The Hall–Kier alpha value is -1.06. The van der Waals surface area contributed by atoms with Gasteiger partial charge in [0.2, 0.25) is 5.91 Å². The summed E-state index contributed by atoms with van der Waals surface area (Å²) in [5, 5.41) is 3.11. The molecule has 3 nitrogen and oxygen atoms in total. The molecule has 0 spiro atoms. The lowest BCUT2D eigenvalue weighted by atomic mass is 10.1. The van der Waals surface area contributed by atoms with E-state index >= 15 is 0 Å². The van der Waals surface area contributed by atoms with E-state index in [0.29, 0.717) is 5.56 Å². The molecule has 0 aromatic heterocycles. The van der Waals surface area contributed by atoms with Crippen LogP contribution in [0.25, 0.3) is 0 Å². The van der Waals surface area contributed by atoms with Crippen LogP contribution >= 0.6 is 12.4 Å². The molecular formula is C13H23ClN2O. The van der Waals surface area contributed by atoms with Gasteiger partial charge in [0.25, 0.3) is 0 Å². The normalized spacial score (nSPS) is 8.65. The van der Waals surface area contributed by atoms with Gasteiger partial charge in [0.05, 0.1) is 0 Å². The van der Waals surface area contributed by atoms with Gasteiger partial charge < -0.3 is 11.1 Å². The summed E-state index contributed by atoms with van der Waals surface area (Å²) < 4.78 is 0. The van der Waals surface area contributed by atoms with Gasteiger partial charge in [-0.2, -0.15) is 0 Å². The summed E-state index contributed by atoms with van der Waals surface area (Å²) in [5.74, 6) is -0.345. The summed E-state index contributed by atoms with van der Waals surface area (Å²) in [5.41, 5.74) is 6.80. The molecule has 3 N–H and O–H groups in total. The van der Waals surface area contributed by atoms with Gasteiger partial charge in [-0.15, -0.1) is 12.4 Å².